The van der Waals surface area contributed by atoms with Crippen LogP contribution >= 0.6 is 0 Å². The summed E-state index contributed by atoms with van der Waals surface area (Å²) in [6, 6.07) is 13.6. The Balaban J connectivity index is 1.65. The van der Waals surface area contributed by atoms with Crippen LogP contribution in [0.3, 0.4) is 0 Å². The molecule has 5 nitrogen and oxygen atoms in total. The number of rotatable bonds is 6. The maximum atomic E-state index is 12.1. The molecule has 1 heterocycles. The molecule has 7 heteroatoms. The zero-order valence-electron chi connectivity index (χ0n) is 12.9. The van der Waals surface area contributed by atoms with E-state index in [2.05, 4.69) is 4.74 Å². The minimum absolute atomic E-state index is 0.0106. The minimum atomic E-state index is -2.90. The summed E-state index contributed by atoms with van der Waals surface area (Å²) in [6.45, 7) is -2.95. The summed E-state index contributed by atoms with van der Waals surface area (Å²) in [5.74, 6) is 0.440. The fourth-order valence-electron chi connectivity index (χ4n) is 2.27. The van der Waals surface area contributed by atoms with E-state index in [9.17, 15) is 18.7 Å². The van der Waals surface area contributed by atoms with Gasteiger partial charge in [0, 0.05) is 17.5 Å². The van der Waals surface area contributed by atoms with Crippen molar-refractivity contribution in [2.45, 2.75) is 12.7 Å². The molecule has 0 saturated carbocycles. The van der Waals surface area contributed by atoms with Gasteiger partial charge in [0.2, 0.25) is 0 Å². The van der Waals surface area contributed by atoms with Gasteiger partial charge in [-0.25, -0.2) is 4.79 Å². The molecule has 0 aliphatic rings. The van der Waals surface area contributed by atoms with Crippen LogP contribution < -0.4 is 15.1 Å². The standard InChI is InChI=1S/C18H14F2O5/c19-18(20)24-13-5-1-11(2-6-13)15(21)10-23-14-7-3-12-4-8-17(22)25-16(12)9-14/h1-9,15,18,21H,10H2. The Labute approximate surface area is 141 Å². The van der Waals surface area contributed by atoms with Gasteiger partial charge in [-0.2, -0.15) is 8.78 Å². The average molecular weight is 348 g/mol. The lowest BCUT2D eigenvalue weighted by Crippen LogP contribution is -2.10. The lowest BCUT2D eigenvalue weighted by Gasteiger charge is -2.13. The van der Waals surface area contributed by atoms with Gasteiger partial charge in [0.25, 0.3) is 0 Å². The van der Waals surface area contributed by atoms with Gasteiger partial charge in [-0.3, -0.25) is 0 Å². The second-order valence-electron chi connectivity index (χ2n) is 5.23. The van der Waals surface area contributed by atoms with Gasteiger partial charge in [0.15, 0.2) is 0 Å². The van der Waals surface area contributed by atoms with E-state index in [-0.39, 0.29) is 12.4 Å². The molecular formula is C18H14F2O5. The van der Waals surface area contributed by atoms with Crippen molar-refractivity contribution in [2.24, 2.45) is 0 Å². The van der Waals surface area contributed by atoms with Gasteiger partial charge in [-0.05, 0) is 35.9 Å². The topological polar surface area (TPSA) is 68.9 Å². The van der Waals surface area contributed by atoms with E-state index in [1.807, 2.05) is 0 Å². The number of hydrogen-bond donors (Lipinski definition) is 1. The molecule has 0 bridgehead atoms. The molecule has 2 aromatic carbocycles. The third-order valence-corrected chi connectivity index (χ3v) is 3.49. The van der Waals surface area contributed by atoms with Crippen LogP contribution in [-0.4, -0.2) is 18.3 Å². The van der Waals surface area contributed by atoms with Gasteiger partial charge in [0.1, 0.15) is 29.8 Å². The molecule has 0 fully saturated rings. The lowest BCUT2D eigenvalue weighted by atomic mass is 10.1. The number of halogens is 2. The largest absolute Gasteiger partial charge is 0.490 e. The maximum Gasteiger partial charge on any atom is 0.387 e. The first-order chi connectivity index (χ1) is 12.0. The smallest absolute Gasteiger partial charge is 0.387 e. The molecule has 3 rings (SSSR count). The number of ether oxygens (including phenoxy) is 2. The van der Waals surface area contributed by atoms with Crippen molar-refractivity contribution >= 4 is 11.0 Å². The van der Waals surface area contributed by atoms with E-state index in [1.165, 1.54) is 30.3 Å². The summed E-state index contributed by atoms with van der Waals surface area (Å²) in [6.07, 6.45) is -0.959. The number of fused-ring (bicyclic) bond motifs is 1. The molecule has 130 valence electrons. The molecule has 0 radical (unpaired) electrons. The van der Waals surface area contributed by atoms with Crippen LogP contribution in [0.25, 0.3) is 11.0 Å². The van der Waals surface area contributed by atoms with Gasteiger partial charge < -0.3 is 19.0 Å². The number of aliphatic hydroxyl groups is 1. The van der Waals surface area contributed by atoms with E-state index in [1.54, 1.807) is 24.3 Å². The summed E-state index contributed by atoms with van der Waals surface area (Å²) in [7, 11) is 0. The number of aliphatic hydroxyl groups excluding tert-OH is 1. The van der Waals surface area contributed by atoms with Crippen LogP contribution in [0.2, 0.25) is 0 Å². The highest BCUT2D eigenvalue weighted by molar-refractivity contribution is 5.77. The summed E-state index contributed by atoms with van der Waals surface area (Å²) in [5, 5.41) is 10.9. The fraction of sp³-hybridized carbons (Fsp3) is 0.167. The van der Waals surface area contributed by atoms with Crippen molar-refractivity contribution in [3.63, 3.8) is 0 Å². The molecule has 1 unspecified atom stereocenters. The van der Waals surface area contributed by atoms with Crippen LogP contribution in [0.1, 0.15) is 11.7 Å². The predicted octanol–water partition coefficient (Wildman–Crippen LogP) is 3.51. The predicted molar refractivity (Wildman–Crippen MR) is 86.0 cm³/mol. The number of hydrogen-bond acceptors (Lipinski definition) is 5. The third-order valence-electron chi connectivity index (χ3n) is 3.49. The lowest BCUT2D eigenvalue weighted by molar-refractivity contribution is -0.0498. The van der Waals surface area contributed by atoms with Crippen LogP contribution in [0.5, 0.6) is 11.5 Å². The zero-order valence-corrected chi connectivity index (χ0v) is 12.9. The van der Waals surface area contributed by atoms with Crippen LogP contribution in [0.15, 0.2) is 63.8 Å². The maximum absolute atomic E-state index is 12.1. The molecule has 0 saturated heterocycles. The van der Waals surface area contributed by atoms with Gasteiger partial charge in [-0.1, -0.05) is 12.1 Å². The first-order valence-electron chi connectivity index (χ1n) is 7.41. The monoisotopic (exact) mass is 348 g/mol. The third kappa shape index (κ3) is 4.33. The highest BCUT2D eigenvalue weighted by atomic mass is 19.3. The first-order valence-corrected chi connectivity index (χ1v) is 7.41. The number of benzene rings is 2. The van der Waals surface area contributed by atoms with E-state index in [4.69, 9.17) is 9.15 Å². The van der Waals surface area contributed by atoms with Crippen molar-refractivity contribution in [2.75, 3.05) is 6.61 Å². The van der Waals surface area contributed by atoms with Crippen LogP contribution in [0, 0.1) is 0 Å². The molecule has 3 aromatic rings. The van der Waals surface area contributed by atoms with Crippen LogP contribution in [-0.2, 0) is 0 Å². The molecule has 0 amide bonds. The fourth-order valence-corrected chi connectivity index (χ4v) is 2.27. The van der Waals surface area contributed by atoms with Crippen molar-refractivity contribution in [1.82, 2.24) is 0 Å². The van der Waals surface area contributed by atoms with Crippen LogP contribution in [0.4, 0.5) is 8.78 Å². The SMILES string of the molecule is O=c1ccc2ccc(OCC(O)c3ccc(OC(F)F)cc3)cc2o1. The summed E-state index contributed by atoms with van der Waals surface area (Å²) < 4.78 is 39.0. The molecule has 0 aliphatic carbocycles. The summed E-state index contributed by atoms with van der Waals surface area (Å²) >= 11 is 0. The summed E-state index contributed by atoms with van der Waals surface area (Å²) in [5.41, 5.74) is 0.415. The quantitative estimate of drug-likeness (QED) is 0.691. The Hall–Kier alpha value is -2.93. The van der Waals surface area contributed by atoms with E-state index >= 15 is 0 Å². The highest BCUT2D eigenvalue weighted by Crippen LogP contribution is 2.23. The van der Waals surface area contributed by atoms with Crippen molar-refractivity contribution in [1.29, 1.82) is 0 Å². The molecule has 25 heavy (non-hydrogen) atoms. The normalized spacial score (nSPS) is 12.3. The Morgan fingerprint density at radius 3 is 2.40 bits per heavy atom. The summed E-state index contributed by atoms with van der Waals surface area (Å²) in [4.78, 5) is 11.2. The van der Waals surface area contributed by atoms with E-state index < -0.39 is 18.3 Å². The van der Waals surface area contributed by atoms with E-state index in [0.717, 1.165) is 5.39 Å². The van der Waals surface area contributed by atoms with Crippen molar-refractivity contribution in [3.05, 3.63) is 70.6 Å². The van der Waals surface area contributed by atoms with Gasteiger partial charge in [0.05, 0.1) is 0 Å². The van der Waals surface area contributed by atoms with Crippen molar-refractivity contribution < 1.29 is 27.8 Å². The van der Waals surface area contributed by atoms with Gasteiger partial charge in [-0.15, -0.1) is 0 Å². The number of alkyl halides is 2. The second-order valence-corrected chi connectivity index (χ2v) is 5.23. The zero-order chi connectivity index (χ0) is 17.8. The average Bonchev–Trinajstić information content (AvgIpc) is 2.59. The molecule has 1 atom stereocenters. The van der Waals surface area contributed by atoms with Gasteiger partial charge >= 0.3 is 12.2 Å². The Morgan fingerprint density at radius 2 is 1.68 bits per heavy atom. The minimum Gasteiger partial charge on any atom is -0.490 e. The second kappa shape index (κ2) is 7.31. The molecule has 1 N–H and O–H groups in total. The molecular weight excluding hydrogens is 334 g/mol. The Morgan fingerprint density at radius 1 is 1.00 bits per heavy atom. The highest BCUT2D eigenvalue weighted by Gasteiger charge is 2.11. The Kier molecular flexibility index (Phi) is 4.95. The molecule has 0 spiro atoms. The molecule has 0 aliphatic heterocycles. The van der Waals surface area contributed by atoms with E-state index in [0.29, 0.717) is 16.9 Å². The first kappa shape index (κ1) is 16.9. The van der Waals surface area contributed by atoms with Crippen molar-refractivity contribution in [3.8, 4) is 11.5 Å². The Bertz CT molecular complexity index is 905. The molecule has 1 aromatic heterocycles.